The predicted molar refractivity (Wildman–Crippen MR) is 264 cm³/mol. The molecule has 0 atom stereocenters. The van der Waals surface area contributed by atoms with E-state index < -0.39 is 24.5 Å². The summed E-state index contributed by atoms with van der Waals surface area (Å²) in [6.45, 7) is 14.4. The molecule has 0 aliphatic carbocycles. The van der Waals surface area contributed by atoms with Gasteiger partial charge >= 0.3 is 17.9 Å². The van der Waals surface area contributed by atoms with Gasteiger partial charge in [-0.1, -0.05) is 20.5 Å². The summed E-state index contributed by atoms with van der Waals surface area (Å²) in [7, 11) is 0. The van der Waals surface area contributed by atoms with E-state index in [9.17, 15) is 14.4 Å². The van der Waals surface area contributed by atoms with E-state index in [1.165, 1.54) is 0 Å². The Morgan fingerprint density at radius 3 is 0.680 bits per heavy atom. The van der Waals surface area contributed by atoms with E-state index in [0.717, 1.165) is 6.42 Å². The van der Waals surface area contributed by atoms with Crippen LogP contribution in [0.5, 0.6) is 0 Å². The molecule has 34 heteroatoms. The van der Waals surface area contributed by atoms with Crippen LogP contribution in [0.15, 0.2) is 20.5 Å². The highest BCUT2D eigenvalue weighted by Gasteiger charge is 1.99. The molecule has 0 heterocycles. The van der Waals surface area contributed by atoms with Crippen molar-refractivity contribution in [3.63, 3.8) is 0 Å². The maximum atomic E-state index is 10.3. The average molecular weight is 1090 g/mol. The van der Waals surface area contributed by atoms with E-state index >= 15 is 0 Å². The van der Waals surface area contributed by atoms with Crippen molar-refractivity contribution in [2.45, 2.75) is 19.3 Å². The van der Waals surface area contributed by atoms with Gasteiger partial charge in [-0.25, -0.2) is 0 Å². The highest BCUT2D eigenvalue weighted by molar-refractivity contribution is 5.69. The van der Waals surface area contributed by atoms with Crippen LogP contribution >= 0.6 is 0 Å². The number of hydrogen-bond acceptors (Lipinski definition) is 23. The number of carbonyl (C=O) groups is 3. The van der Waals surface area contributed by atoms with E-state index in [-0.39, 0.29) is 26.1 Å². The van der Waals surface area contributed by atoms with Crippen molar-refractivity contribution in [3.05, 3.63) is 41.8 Å². The summed E-state index contributed by atoms with van der Waals surface area (Å²) in [5.41, 5.74) is 36.5. The summed E-state index contributed by atoms with van der Waals surface area (Å²) in [4.78, 5) is 40.0. The molecule has 0 aromatic rings. The molecular formula is C41H81N13O21. The molecule has 0 spiro atoms. The van der Waals surface area contributed by atoms with Crippen LogP contribution in [0.4, 0.5) is 0 Å². The second-order valence-corrected chi connectivity index (χ2v) is 13.3. The maximum absolute atomic E-state index is 10.3. The lowest BCUT2D eigenvalue weighted by Gasteiger charge is -2.09. The third-order valence-electron chi connectivity index (χ3n) is 7.35. The lowest BCUT2D eigenvalue weighted by Crippen LogP contribution is -2.15. The smallest absolute Gasteiger partial charge is 0.309 e. The second kappa shape index (κ2) is 75.5. The molecule has 0 unspecified atom stereocenters. The van der Waals surface area contributed by atoms with E-state index in [2.05, 4.69) is 40.1 Å². The van der Waals surface area contributed by atoms with Gasteiger partial charge in [0.1, 0.15) is 6.54 Å². The summed E-state index contributed by atoms with van der Waals surface area (Å²) in [6.07, 6.45) is 0.780. The molecule has 0 aliphatic rings. The Morgan fingerprint density at radius 1 is 0.307 bits per heavy atom. The van der Waals surface area contributed by atoms with Gasteiger partial charge in [-0.3, -0.25) is 14.4 Å². The van der Waals surface area contributed by atoms with E-state index in [4.69, 9.17) is 114 Å². The molecular weight excluding hydrogens is 1010 g/mol. The fourth-order valence-corrected chi connectivity index (χ4v) is 3.98. The maximum Gasteiger partial charge on any atom is 0.309 e. The molecule has 0 amide bonds. The first kappa shape index (κ1) is 76.5. The van der Waals surface area contributed by atoms with Crippen LogP contribution < -0.4 is 5.73 Å². The van der Waals surface area contributed by atoms with Gasteiger partial charge < -0.3 is 92.1 Å². The summed E-state index contributed by atoms with van der Waals surface area (Å²) < 4.78 is 79.4. The van der Waals surface area contributed by atoms with Crippen LogP contribution in [0.1, 0.15) is 19.3 Å². The molecule has 0 aromatic heterocycles. The Bertz CT molecular complexity index is 1380. The molecule has 0 fully saturated rings. The highest BCUT2D eigenvalue weighted by atomic mass is 16.6. The van der Waals surface area contributed by atoms with Crippen LogP contribution in [0.25, 0.3) is 41.8 Å². The lowest BCUT2D eigenvalue weighted by atomic mass is 10.4. The Hall–Kier alpha value is -4.99. The molecule has 436 valence electrons. The van der Waals surface area contributed by atoms with Gasteiger partial charge in [-0.2, -0.15) is 0 Å². The number of rotatable bonds is 56. The van der Waals surface area contributed by atoms with Crippen molar-refractivity contribution in [3.8, 4) is 0 Å². The van der Waals surface area contributed by atoms with E-state index in [1.807, 2.05) is 0 Å². The molecule has 34 nitrogen and oxygen atoms in total. The number of azide groups is 4. The summed E-state index contributed by atoms with van der Waals surface area (Å²) >= 11 is 0. The largest absolute Gasteiger partial charge is 0.481 e. The number of hydrogen-bond donors (Lipinski definition) is 4. The summed E-state index contributed by atoms with van der Waals surface area (Å²) in [6, 6.07) is 0. The Kier molecular flexibility index (Phi) is 77.1. The number of carboxylic acids is 3. The first-order valence-corrected chi connectivity index (χ1v) is 23.8. The fourth-order valence-electron chi connectivity index (χ4n) is 3.98. The molecule has 0 saturated heterocycles. The zero-order chi connectivity index (χ0) is 55.9. The summed E-state index contributed by atoms with van der Waals surface area (Å²) in [5, 5.41) is 37.3. The molecule has 0 bridgehead atoms. The topological polar surface area (TPSA) is 471 Å². The van der Waals surface area contributed by atoms with Crippen molar-refractivity contribution in [2.24, 2.45) is 26.2 Å². The Morgan fingerprint density at radius 2 is 0.507 bits per heavy atom. The normalized spacial score (nSPS) is 10.1. The number of aliphatic carboxylic acids is 3. The molecule has 75 heavy (non-hydrogen) atoms. The van der Waals surface area contributed by atoms with Crippen LogP contribution in [-0.2, 0) is 85.4 Å². The minimum Gasteiger partial charge on any atom is -0.481 e. The van der Waals surface area contributed by atoms with Crippen LogP contribution in [0, 0.1) is 0 Å². The van der Waals surface area contributed by atoms with E-state index in [0.29, 0.717) is 211 Å². The van der Waals surface area contributed by atoms with Crippen molar-refractivity contribution < 1.29 is 101 Å². The zero-order valence-corrected chi connectivity index (χ0v) is 43.0. The average Bonchev–Trinajstić information content (AvgIpc) is 3.39. The second-order valence-electron chi connectivity index (χ2n) is 13.3. The van der Waals surface area contributed by atoms with Gasteiger partial charge in [0.05, 0.1) is 211 Å². The van der Waals surface area contributed by atoms with Crippen molar-refractivity contribution in [1.29, 1.82) is 0 Å². The monoisotopic (exact) mass is 1090 g/mol. The van der Waals surface area contributed by atoms with Gasteiger partial charge in [0, 0.05) is 39.3 Å². The quantitative estimate of drug-likeness (QED) is 0.0294. The van der Waals surface area contributed by atoms with Crippen LogP contribution in [-0.4, -0.2) is 264 Å². The molecule has 0 rings (SSSR count). The fraction of sp³-hybridized carbons (Fsp3) is 0.927. The van der Waals surface area contributed by atoms with Crippen LogP contribution in [0.2, 0.25) is 0 Å². The van der Waals surface area contributed by atoms with Crippen LogP contribution in [0.3, 0.4) is 0 Å². The SMILES string of the molecule is [N-]=[N+]=NCC(=O)O.[N-]=[N+]=NCCCN.[N-]=[N+]=NCCOCCOCCOCCOCCOCCC(=O)O.[N-]=[N+]=NCCOCCOCCOCCOCCOCCOCCOCCOCCOCCOCCC(=O)O. The predicted octanol–water partition coefficient (Wildman–Crippen LogP) is 2.82. The first-order chi connectivity index (χ1) is 36.7. The van der Waals surface area contributed by atoms with Gasteiger partial charge in [0.2, 0.25) is 0 Å². The number of nitrogens with two attached hydrogens (primary N) is 1. The number of nitrogens with zero attached hydrogens (tertiary/aromatic N) is 12. The third kappa shape index (κ3) is 92.1. The number of carboxylic acid groups (broad SMARTS) is 3. The Balaban J connectivity index is -0.000000568. The molecule has 0 saturated carbocycles. The van der Waals surface area contributed by atoms with Crippen molar-refractivity contribution in [2.75, 3.05) is 231 Å². The minimum absolute atomic E-state index is 0.00194. The molecule has 0 radical (unpaired) electrons. The molecule has 0 aromatic carbocycles. The first-order valence-electron chi connectivity index (χ1n) is 23.8. The Labute approximate surface area is 436 Å². The molecule has 0 aliphatic heterocycles. The third-order valence-corrected chi connectivity index (χ3v) is 7.35. The lowest BCUT2D eigenvalue weighted by molar-refractivity contribution is -0.139. The van der Waals surface area contributed by atoms with Gasteiger partial charge in [0.15, 0.2) is 0 Å². The van der Waals surface area contributed by atoms with Gasteiger partial charge in [-0.05, 0) is 35.1 Å². The summed E-state index contributed by atoms with van der Waals surface area (Å²) in [5.74, 6) is -2.86. The van der Waals surface area contributed by atoms with Gasteiger partial charge in [0.25, 0.3) is 0 Å². The standard InChI is InChI=1S/C23H45N3O12.C13H25N3O7.C3H8N4.C2H3N3O2/c24-26-25-2-4-30-6-8-32-10-12-34-14-16-36-18-20-38-22-21-37-19-17-35-15-13-33-11-9-31-7-5-29-3-1-23(27)28;14-16-15-2-4-20-6-8-22-10-12-23-11-9-21-7-5-19-3-1-13(17)18;4-2-1-3-6-7-5;3-5-4-1-2(6)7/h1-22H2,(H,27,28);1-12H2,(H,17,18);1-4H2;1H2,(H,6,7). The highest BCUT2D eigenvalue weighted by Crippen LogP contribution is 1.90. The number of ether oxygens (including phenoxy) is 15. The van der Waals surface area contributed by atoms with Gasteiger partial charge in [-0.15, -0.1) is 0 Å². The van der Waals surface area contributed by atoms with Crippen molar-refractivity contribution in [1.82, 2.24) is 0 Å². The van der Waals surface area contributed by atoms with Crippen molar-refractivity contribution >= 4 is 17.9 Å². The van der Waals surface area contributed by atoms with E-state index in [1.54, 1.807) is 0 Å². The minimum atomic E-state index is -1.11. The zero-order valence-electron chi connectivity index (χ0n) is 43.0. The molecule has 5 N–H and O–H groups in total.